The highest BCUT2D eigenvalue weighted by Gasteiger charge is 2.61. The molecule has 730 valence electrons. The number of aromatic nitrogens is 10. The Kier molecular flexibility index (Phi) is 29.6. The largest absolute Gasteiger partial charge is 0.416 e. The van der Waals surface area contributed by atoms with E-state index in [0.29, 0.717) is 74.9 Å². The van der Waals surface area contributed by atoms with E-state index in [-0.39, 0.29) is 149 Å². The van der Waals surface area contributed by atoms with E-state index >= 15 is 17.6 Å². The van der Waals surface area contributed by atoms with Crippen molar-refractivity contribution in [2.45, 2.75) is 198 Å². The van der Waals surface area contributed by atoms with E-state index in [1.54, 1.807) is 70.6 Å². The summed E-state index contributed by atoms with van der Waals surface area (Å²) in [7, 11) is -6.51. The second-order valence-electron chi connectivity index (χ2n) is 36.6. The number of alkyl halides is 9. The third-order valence-corrected chi connectivity index (χ3v) is 28.0. The first-order chi connectivity index (χ1) is 64.9. The molecule has 5 atom stereocenters. The summed E-state index contributed by atoms with van der Waals surface area (Å²) in [4.78, 5) is 70.5. The number of rotatable bonds is 36. The number of carbonyl (C=O) groups excluding carboxylic acids is 2. The van der Waals surface area contributed by atoms with Gasteiger partial charge in [-0.25, -0.2) is 87.9 Å². The van der Waals surface area contributed by atoms with Gasteiger partial charge in [-0.2, -0.15) is 39.5 Å². The Morgan fingerprint density at radius 1 is 0.431 bits per heavy atom. The minimum Gasteiger partial charge on any atom is -0.369 e. The lowest BCUT2D eigenvalue weighted by atomic mass is 9.98. The van der Waals surface area contributed by atoms with E-state index in [2.05, 4.69) is 71.1 Å². The Morgan fingerprint density at radius 2 is 0.839 bits per heavy atom. The number of hydrogen-bond acceptors (Lipinski definition) is 24. The van der Waals surface area contributed by atoms with Crippen molar-refractivity contribution in [1.82, 2.24) is 58.5 Å². The first-order valence-corrected chi connectivity index (χ1v) is 48.6. The molecule has 6 aromatic heterocycles. The van der Waals surface area contributed by atoms with Crippen LogP contribution in [0.25, 0.3) is 0 Å². The maximum Gasteiger partial charge on any atom is 0.416 e. The van der Waals surface area contributed by atoms with Crippen LogP contribution in [0.1, 0.15) is 159 Å². The highest BCUT2D eigenvalue weighted by Crippen LogP contribution is 2.58. The number of nitrogens with one attached hydrogen (secondary N) is 4. The molecule has 6 aliphatic carbocycles. The summed E-state index contributed by atoms with van der Waals surface area (Å²) in [5.41, 5.74) is 14.6. The zero-order valence-corrected chi connectivity index (χ0v) is 77.2. The number of sulfonamides is 2. The summed E-state index contributed by atoms with van der Waals surface area (Å²) in [5.74, 6) is -10.7. The Bertz CT molecular complexity index is 6170. The van der Waals surface area contributed by atoms with E-state index < -0.39 is 84.6 Å². The number of carbonyl (C=O) groups is 2. The number of amides is 2. The third-order valence-electron chi connectivity index (χ3n) is 25.5. The van der Waals surface area contributed by atoms with Crippen LogP contribution in [0.5, 0.6) is 0 Å². The molecule has 4 aromatic carbocycles. The summed E-state index contributed by atoms with van der Waals surface area (Å²) < 4.78 is 233. The van der Waals surface area contributed by atoms with Crippen molar-refractivity contribution in [2.24, 2.45) is 34.6 Å². The number of fused-ring (bicyclic) bond motifs is 2. The number of hydrogen-bond donors (Lipinski definition) is 6. The van der Waals surface area contributed by atoms with E-state index in [1.807, 2.05) is 21.9 Å². The standard InChI is InChI=1S/2C24H25F3N6O.C24H30F3N5O2S.C22H25F4N5O2S/c1-24(26,27)17-5-2-15(3-6-17)13-33(19-8-9-19)23-21(25)22(31-14-32-23)30-12-18-7-4-16(11-29-18)10-20(28)34;1-24(26,27)19-4-2-3-17(32-19)13-33(18-9-10-18)23-21(25)22(30-14-31-23)29-12-16-7-5-15(6-8-16)11-20(28)34;1-24(26,27)17-6-3-15(4-7-17)11-32(18-8-9-18)23-21(25)22(28-14-29-23)30-20-10-5-16-12-31(13-19(16)20)35(2,33)34;1-34(32,33)30-10-16-8-21(16,12-30)11-27-19-18(23)20(29-13-28-19)31(17-6-7-17)9-14-2-4-15(5-3-14)22(24,25)26/h2-7,11,14,19H,8-10,12-13H2,1H3,(H2,28,34)(H,30,31,32);2-8,14,18H,9-13H2,1H3,(H2,28,34)(H,29,30,31);3-4,6-7,14,16,18-20H,5,8-13H2,1-2H3,(H,28,29,30);2-5,13,16-17H,6-12H2,1H3,(H,27,28,29). The number of halogens is 13. The van der Waals surface area contributed by atoms with Crippen LogP contribution < -0.4 is 52.3 Å². The molecule has 2 aliphatic heterocycles. The summed E-state index contributed by atoms with van der Waals surface area (Å²) in [6.45, 7) is 6.36. The quantitative estimate of drug-likeness (QED) is 0.0199. The predicted molar refractivity (Wildman–Crippen MR) is 489 cm³/mol. The SMILES string of the molecule is CC(F)(F)c1ccc(CN(c2ncnc(NC3CCC4CN(S(C)(=O)=O)CC43)c2F)C2CC2)cc1.CC(F)(F)c1ccc(CN(c2ncnc(NCc3ccc(CC(N)=O)cn3)c2F)C2CC2)cc1.CC(F)(F)c1cccc(CN(c2ncnc(NCc3ccc(CC(N)=O)cc3)c2F)C2CC2)n1.CS(=O)(=O)N1CC2CC2(CNc2ncnc(N(Cc3ccc(C(F)(F)F)cc3)C3CC3)c2F)C1. The molecule has 6 saturated carbocycles. The van der Waals surface area contributed by atoms with Crippen LogP contribution in [0, 0.1) is 46.4 Å². The molecule has 28 nitrogen and oxygen atoms in total. The van der Waals surface area contributed by atoms with Crippen molar-refractivity contribution in [2.75, 3.05) is 86.1 Å². The Hall–Kier alpha value is -12.3. The molecule has 0 radical (unpaired) electrons. The van der Waals surface area contributed by atoms with Crippen molar-refractivity contribution in [3.8, 4) is 0 Å². The average molecular weight is 1950 g/mol. The lowest BCUT2D eigenvalue weighted by Crippen LogP contribution is -2.33. The first-order valence-electron chi connectivity index (χ1n) is 44.9. The van der Waals surface area contributed by atoms with Crippen LogP contribution in [0.4, 0.5) is 104 Å². The van der Waals surface area contributed by atoms with Gasteiger partial charge in [0.1, 0.15) is 31.0 Å². The normalized spacial score (nSPS) is 19.2. The number of primary amides is 2. The summed E-state index contributed by atoms with van der Waals surface area (Å²) >= 11 is 0. The number of nitrogens with two attached hydrogens (primary N) is 2. The van der Waals surface area contributed by atoms with Crippen LogP contribution in [0.2, 0.25) is 0 Å². The van der Waals surface area contributed by atoms with Crippen molar-refractivity contribution < 1.29 is 83.5 Å². The first kappa shape index (κ1) is 99.2. The van der Waals surface area contributed by atoms with Gasteiger partial charge in [-0.05, 0) is 152 Å². The zero-order valence-electron chi connectivity index (χ0n) is 75.6. The number of benzene rings is 4. The van der Waals surface area contributed by atoms with E-state index in [9.17, 15) is 65.9 Å². The van der Waals surface area contributed by atoms with Crippen molar-refractivity contribution in [3.05, 3.63) is 249 Å². The summed E-state index contributed by atoms with van der Waals surface area (Å²) in [5, 5.41) is 12.2. The number of anilines is 8. The molecule has 2 saturated heterocycles. The van der Waals surface area contributed by atoms with Gasteiger partial charge in [0.2, 0.25) is 55.1 Å². The highest BCUT2D eigenvalue weighted by atomic mass is 32.2. The van der Waals surface area contributed by atoms with Gasteiger partial charge in [0, 0.05) is 133 Å². The molecule has 0 bridgehead atoms. The fourth-order valence-corrected chi connectivity index (χ4v) is 19.2. The fourth-order valence-electron chi connectivity index (χ4n) is 17.3. The van der Waals surface area contributed by atoms with Gasteiger partial charge in [0.25, 0.3) is 17.8 Å². The molecule has 8 N–H and O–H groups in total. The van der Waals surface area contributed by atoms with Crippen LogP contribution in [0.15, 0.2) is 159 Å². The topological polar surface area (TPSA) is 351 Å². The van der Waals surface area contributed by atoms with Gasteiger partial charge in [0.15, 0.2) is 46.5 Å². The smallest absolute Gasteiger partial charge is 0.369 e. The van der Waals surface area contributed by atoms with Crippen LogP contribution in [-0.2, 0) is 106 Å². The van der Waals surface area contributed by atoms with Crippen molar-refractivity contribution in [3.63, 3.8) is 0 Å². The Balaban J connectivity index is 0.000000139. The Labute approximate surface area is 784 Å². The number of pyridine rings is 2. The van der Waals surface area contributed by atoms with Gasteiger partial charge in [-0.1, -0.05) is 97.1 Å². The van der Waals surface area contributed by atoms with Crippen LogP contribution >= 0.6 is 0 Å². The van der Waals surface area contributed by atoms with Gasteiger partial charge >= 0.3 is 6.18 Å². The highest BCUT2D eigenvalue weighted by molar-refractivity contribution is 7.88. The Morgan fingerprint density at radius 3 is 1.26 bits per heavy atom. The number of piperidine rings is 1. The molecule has 2 amide bonds. The van der Waals surface area contributed by atoms with Gasteiger partial charge in [-0.15, -0.1) is 0 Å². The molecule has 43 heteroatoms. The molecule has 8 heterocycles. The molecule has 10 aromatic rings. The van der Waals surface area contributed by atoms with Crippen molar-refractivity contribution in [1.29, 1.82) is 0 Å². The predicted octanol–water partition coefficient (Wildman–Crippen LogP) is 15.3. The molecule has 137 heavy (non-hydrogen) atoms. The van der Waals surface area contributed by atoms with Crippen molar-refractivity contribution >= 4 is 78.4 Å². The lowest BCUT2D eigenvalue weighted by molar-refractivity contribution is -0.137. The van der Waals surface area contributed by atoms with Gasteiger partial charge < -0.3 is 52.3 Å². The van der Waals surface area contributed by atoms with Crippen LogP contribution in [-0.4, -0.2) is 163 Å². The maximum absolute atomic E-state index is 15.7. The second-order valence-corrected chi connectivity index (χ2v) is 40.6. The minimum absolute atomic E-state index is 0.0404. The minimum atomic E-state index is -4.41. The van der Waals surface area contributed by atoms with Gasteiger partial charge in [-0.3, -0.25) is 14.6 Å². The molecular weight excluding hydrogens is 1840 g/mol. The summed E-state index contributed by atoms with van der Waals surface area (Å²) in [6, 6.07) is 32.5. The molecule has 8 aliphatic rings. The molecular formula is C94H105F13N22O6S2. The summed E-state index contributed by atoms with van der Waals surface area (Å²) in [6.07, 6.45) is 14.6. The molecule has 8 fully saturated rings. The van der Waals surface area contributed by atoms with E-state index in [0.717, 1.165) is 126 Å². The lowest BCUT2D eigenvalue weighted by Gasteiger charge is -2.26. The average Bonchev–Trinajstić information content (AvgIpc) is 1.55. The maximum atomic E-state index is 15.7. The zero-order chi connectivity index (χ0) is 97.8. The van der Waals surface area contributed by atoms with E-state index in [4.69, 9.17) is 11.5 Å². The molecule has 18 rings (SSSR count). The monoisotopic (exact) mass is 1950 g/mol. The number of nitrogens with zero attached hydrogens (tertiary/aromatic N) is 16. The van der Waals surface area contributed by atoms with E-state index in [1.165, 1.54) is 95.0 Å². The van der Waals surface area contributed by atoms with Crippen LogP contribution in [0.3, 0.4) is 0 Å². The second kappa shape index (κ2) is 40.8. The molecule has 5 unspecified atom stereocenters. The van der Waals surface area contributed by atoms with Gasteiger partial charge in [0.05, 0.1) is 55.4 Å². The third kappa shape index (κ3) is 25.8. The molecule has 0 spiro atoms. The fraction of sp³-hybridized carbons (Fsp3) is 0.447.